The van der Waals surface area contributed by atoms with Gasteiger partial charge in [-0.05, 0) is 54.5 Å². The summed E-state index contributed by atoms with van der Waals surface area (Å²) in [5.74, 6) is -0.158. The number of carbonyl (C=O) groups is 2. The van der Waals surface area contributed by atoms with Crippen LogP contribution in [0.25, 0.3) is 33.1 Å². The van der Waals surface area contributed by atoms with Gasteiger partial charge in [-0.1, -0.05) is 73.9 Å². The summed E-state index contributed by atoms with van der Waals surface area (Å²) in [4.78, 5) is 25.9. The third-order valence-electron chi connectivity index (χ3n) is 8.90. The second-order valence-electron chi connectivity index (χ2n) is 11.3. The van der Waals surface area contributed by atoms with Gasteiger partial charge in [0, 0.05) is 34.9 Å². The molecular formula is C35H34N2O4. The number of rotatable bonds is 5. The van der Waals surface area contributed by atoms with Crippen LogP contribution in [0.2, 0.25) is 0 Å². The summed E-state index contributed by atoms with van der Waals surface area (Å²) in [5, 5.41) is 2.26. The number of para-hydroxylation sites is 1. The van der Waals surface area contributed by atoms with E-state index in [0.717, 1.165) is 40.5 Å². The Bertz CT molecular complexity index is 1770. The van der Waals surface area contributed by atoms with Crippen LogP contribution in [0, 0.1) is 0 Å². The molecule has 0 spiro atoms. The Kier molecular flexibility index (Phi) is 6.62. The molecule has 1 saturated carbocycles. The number of hydrogen-bond donors (Lipinski definition) is 0. The van der Waals surface area contributed by atoms with E-state index < -0.39 is 0 Å². The largest absolute Gasteiger partial charge is 0.465 e. The number of aryl methyl sites for hydroxylation is 2. The molecule has 0 amide bonds. The number of hydrogen-bond acceptors (Lipinski definition) is 4. The zero-order valence-corrected chi connectivity index (χ0v) is 23.4. The smallest absolute Gasteiger partial charge is 0.355 e. The molecule has 1 fully saturated rings. The van der Waals surface area contributed by atoms with Crippen molar-refractivity contribution in [1.82, 2.24) is 9.13 Å². The minimum absolute atomic E-state index is 0.247. The molecule has 3 aromatic carbocycles. The van der Waals surface area contributed by atoms with E-state index >= 15 is 0 Å². The van der Waals surface area contributed by atoms with Crippen molar-refractivity contribution >= 4 is 33.7 Å². The third-order valence-corrected chi connectivity index (χ3v) is 8.90. The Balaban J connectivity index is 1.41. The number of fused-ring (bicyclic) bond motifs is 4. The molecule has 41 heavy (non-hydrogen) atoms. The van der Waals surface area contributed by atoms with Gasteiger partial charge in [-0.25, -0.2) is 9.59 Å². The average molecular weight is 547 g/mol. The fraction of sp³-hybridized carbons (Fsp3) is 0.314. The zero-order chi connectivity index (χ0) is 27.9. The highest BCUT2D eigenvalue weighted by molar-refractivity contribution is 6.05. The number of nitrogens with zero attached hydrogens (tertiary/aromatic N) is 2. The van der Waals surface area contributed by atoms with Crippen LogP contribution in [0.3, 0.4) is 0 Å². The van der Waals surface area contributed by atoms with E-state index in [0.29, 0.717) is 23.7 Å². The van der Waals surface area contributed by atoms with Crippen LogP contribution in [0.5, 0.6) is 0 Å². The Morgan fingerprint density at radius 2 is 1.63 bits per heavy atom. The van der Waals surface area contributed by atoms with Crippen LogP contribution >= 0.6 is 0 Å². The van der Waals surface area contributed by atoms with Crippen LogP contribution < -0.4 is 0 Å². The van der Waals surface area contributed by atoms with E-state index in [1.165, 1.54) is 55.9 Å². The number of benzene rings is 3. The van der Waals surface area contributed by atoms with Crippen LogP contribution in [-0.4, -0.2) is 28.2 Å². The molecule has 5 aromatic rings. The van der Waals surface area contributed by atoms with Gasteiger partial charge in [-0.3, -0.25) is 0 Å². The summed E-state index contributed by atoms with van der Waals surface area (Å²) in [7, 11) is 1.43. The molecule has 0 saturated heterocycles. The quantitative estimate of drug-likeness (QED) is 0.211. The van der Waals surface area contributed by atoms with Gasteiger partial charge in [0.15, 0.2) is 0 Å². The second-order valence-corrected chi connectivity index (χ2v) is 11.3. The molecule has 208 valence electrons. The molecule has 0 atom stereocenters. The lowest BCUT2D eigenvalue weighted by Crippen LogP contribution is -2.16. The zero-order valence-electron chi connectivity index (χ0n) is 23.4. The van der Waals surface area contributed by atoms with Crippen molar-refractivity contribution in [3.63, 3.8) is 0 Å². The third kappa shape index (κ3) is 4.42. The molecule has 6 heteroatoms. The van der Waals surface area contributed by atoms with Crippen molar-refractivity contribution in [2.45, 2.75) is 64.1 Å². The summed E-state index contributed by atoms with van der Waals surface area (Å²) < 4.78 is 15.5. The van der Waals surface area contributed by atoms with Gasteiger partial charge >= 0.3 is 11.9 Å². The van der Waals surface area contributed by atoms with Crippen molar-refractivity contribution < 1.29 is 19.1 Å². The minimum Gasteiger partial charge on any atom is -0.465 e. The number of carbonyl (C=O) groups excluding carboxylic acids is 2. The molecule has 2 aromatic heterocycles. The summed E-state index contributed by atoms with van der Waals surface area (Å²) in [6.45, 7) is 1.73. The normalized spacial score (nSPS) is 15.3. The maximum atomic E-state index is 13.4. The minimum atomic E-state index is -0.317. The van der Waals surface area contributed by atoms with Crippen LogP contribution in [0.15, 0.2) is 72.8 Å². The lowest BCUT2D eigenvalue weighted by molar-refractivity contribution is 0.0460. The van der Waals surface area contributed by atoms with Gasteiger partial charge < -0.3 is 18.6 Å². The maximum Gasteiger partial charge on any atom is 0.355 e. The molecule has 3 heterocycles. The van der Waals surface area contributed by atoms with E-state index in [1.807, 2.05) is 48.5 Å². The van der Waals surface area contributed by atoms with Gasteiger partial charge in [-0.15, -0.1) is 0 Å². The van der Waals surface area contributed by atoms with E-state index in [9.17, 15) is 9.59 Å². The number of aromatic nitrogens is 2. The Morgan fingerprint density at radius 3 is 2.44 bits per heavy atom. The lowest BCUT2D eigenvalue weighted by Gasteiger charge is -2.25. The Labute approximate surface area is 239 Å². The van der Waals surface area contributed by atoms with Crippen molar-refractivity contribution in [3.8, 4) is 11.3 Å². The molecule has 0 radical (unpaired) electrons. The summed E-state index contributed by atoms with van der Waals surface area (Å²) in [5.41, 5.74) is 8.05. The molecule has 0 unspecified atom stereocenters. The van der Waals surface area contributed by atoms with E-state index in [-0.39, 0.29) is 18.5 Å². The molecule has 1 aliphatic carbocycles. The Hall–Kier alpha value is -4.32. The van der Waals surface area contributed by atoms with Crippen molar-refractivity contribution in [2.75, 3.05) is 7.11 Å². The molecule has 2 aliphatic rings. The van der Waals surface area contributed by atoms with Gasteiger partial charge in [0.2, 0.25) is 0 Å². The van der Waals surface area contributed by atoms with Gasteiger partial charge in [0.05, 0.1) is 23.9 Å². The lowest BCUT2D eigenvalue weighted by atomic mass is 9.81. The SMILES string of the molecule is COC(=O)c1ccc2c(C3CCCCC3)c3n(c2c1)CCCn1c(C(=O)OCc2ccccc2)cc2cccc-3c21. The number of esters is 2. The highest BCUT2D eigenvalue weighted by Gasteiger charge is 2.30. The van der Waals surface area contributed by atoms with Gasteiger partial charge in [0.1, 0.15) is 12.3 Å². The fourth-order valence-electron chi connectivity index (χ4n) is 7.05. The molecular weight excluding hydrogens is 512 g/mol. The van der Waals surface area contributed by atoms with Gasteiger partial charge in [0.25, 0.3) is 0 Å². The van der Waals surface area contributed by atoms with E-state index in [2.05, 4.69) is 33.4 Å². The fourth-order valence-corrected chi connectivity index (χ4v) is 7.05. The topological polar surface area (TPSA) is 62.5 Å². The Morgan fingerprint density at radius 1 is 0.829 bits per heavy atom. The standard InChI is InChI=1S/C35H34N2O4/c1-40-34(38)26-16-17-27-29(21-26)36-18-9-19-37-30(35(39)41-22-23-10-4-2-5-11-23)20-25-14-8-15-28(32(25)37)33(36)31(27)24-12-6-3-7-13-24/h2,4-5,8,10-11,14-17,20-21,24H,3,6-7,9,12-13,18-19,22H2,1H3. The van der Waals surface area contributed by atoms with Crippen LogP contribution in [0.4, 0.5) is 0 Å². The van der Waals surface area contributed by atoms with Gasteiger partial charge in [-0.2, -0.15) is 0 Å². The molecule has 0 bridgehead atoms. The molecule has 0 N–H and O–H groups in total. The van der Waals surface area contributed by atoms with E-state index in [4.69, 9.17) is 9.47 Å². The molecule has 7 rings (SSSR count). The first kappa shape index (κ1) is 25.6. The van der Waals surface area contributed by atoms with Crippen LogP contribution in [0.1, 0.15) is 76.4 Å². The molecule has 1 aliphatic heterocycles. The summed E-state index contributed by atoms with van der Waals surface area (Å²) in [6.07, 6.45) is 6.92. The number of methoxy groups -OCH3 is 1. The highest BCUT2D eigenvalue weighted by atomic mass is 16.5. The average Bonchev–Trinajstić information content (AvgIpc) is 3.54. The number of ether oxygens (including phenoxy) is 2. The van der Waals surface area contributed by atoms with Crippen molar-refractivity contribution in [1.29, 1.82) is 0 Å². The summed E-state index contributed by atoms with van der Waals surface area (Å²) in [6, 6.07) is 24.2. The first-order valence-electron chi connectivity index (χ1n) is 14.7. The predicted octanol–water partition coefficient (Wildman–Crippen LogP) is 7.86. The first-order valence-corrected chi connectivity index (χ1v) is 14.7. The monoisotopic (exact) mass is 546 g/mol. The predicted molar refractivity (Wildman–Crippen MR) is 160 cm³/mol. The van der Waals surface area contributed by atoms with Crippen molar-refractivity contribution in [2.24, 2.45) is 0 Å². The first-order chi connectivity index (χ1) is 20.1. The van der Waals surface area contributed by atoms with Crippen LogP contribution in [-0.2, 0) is 29.2 Å². The highest BCUT2D eigenvalue weighted by Crippen LogP contribution is 2.47. The second kappa shape index (κ2) is 10.6. The molecule has 6 nitrogen and oxygen atoms in total. The van der Waals surface area contributed by atoms with Crippen molar-refractivity contribution in [3.05, 3.63) is 95.2 Å². The maximum absolute atomic E-state index is 13.4. The van der Waals surface area contributed by atoms with E-state index in [1.54, 1.807) is 0 Å². The summed E-state index contributed by atoms with van der Waals surface area (Å²) >= 11 is 0.